The quantitative estimate of drug-likeness (QED) is 0.619. The van der Waals surface area contributed by atoms with Gasteiger partial charge in [0.15, 0.2) is 0 Å². The van der Waals surface area contributed by atoms with Crippen LogP contribution < -0.4 is 11.0 Å². The van der Waals surface area contributed by atoms with Gasteiger partial charge in [0.05, 0.1) is 12.8 Å². The van der Waals surface area contributed by atoms with Crippen LogP contribution in [0.3, 0.4) is 0 Å². The molecule has 1 aromatic carbocycles. The molecule has 2 aromatic rings. The molecule has 0 saturated carbocycles. The van der Waals surface area contributed by atoms with E-state index < -0.39 is 11.5 Å². The summed E-state index contributed by atoms with van der Waals surface area (Å²) in [5.74, 6) is -0.483. The van der Waals surface area contributed by atoms with Crippen LogP contribution in [0, 0.1) is 18.3 Å². The molecule has 134 valence electrons. The third-order valence-corrected chi connectivity index (χ3v) is 3.83. The van der Waals surface area contributed by atoms with Crippen LogP contribution in [-0.4, -0.2) is 23.8 Å². The minimum atomic E-state index is -0.531. The van der Waals surface area contributed by atoms with Gasteiger partial charge in [0, 0.05) is 23.4 Å². The maximum absolute atomic E-state index is 12.4. The molecule has 2 rings (SSSR count). The largest absolute Gasteiger partial charge is 0.380 e. The molecule has 0 atom stereocenters. The number of rotatable bonds is 6. The second kappa shape index (κ2) is 8.94. The van der Waals surface area contributed by atoms with Crippen molar-refractivity contribution >= 4 is 23.7 Å². The Morgan fingerprint density at radius 2 is 2.12 bits per heavy atom. The molecule has 0 aliphatic carbocycles. The van der Waals surface area contributed by atoms with E-state index in [1.807, 2.05) is 6.07 Å². The number of hydrogen-bond donors (Lipinski definition) is 1. The normalized spacial score (nSPS) is 10.7. The summed E-state index contributed by atoms with van der Waals surface area (Å²) in [6.45, 7) is 1.59. The molecule has 1 heterocycles. The van der Waals surface area contributed by atoms with Gasteiger partial charge in [0.1, 0.15) is 18.2 Å². The Balaban J connectivity index is 2.12. The number of methoxy groups -OCH3 is 1. The summed E-state index contributed by atoms with van der Waals surface area (Å²) < 4.78 is 6.22. The summed E-state index contributed by atoms with van der Waals surface area (Å²) in [6, 6.07) is 10.4. The number of carbonyl (C=O) groups is 1. The highest BCUT2D eigenvalue weighted by molar-refractivity contribution is 6.30. The van der Waals surface area contributed by atoms with Gasteiger partial charge in [-0.15, -0.1) is 0 Å². The van der Waals surface area contributed by atoms with Crippen LogP contribution in [0.4, 0.5) is 0 Å². The number of benzene rings is 1. The molecule has 0 saturated heterocycles. The SMILES string of the molecule is COCc1cc(C)n(CC(=O)N/N=C\c2ccc(Cl)cc2)c(=O)c1C#N. The molecule has 1 amide bonds. The molecule has 0 fully saturated rings. The van der Waals surface area contributed by atoms with Crippen LogP contribution in [0.2, 0.25) is 5.02 Å². The number of nitrogens with zero attached hydrogens (tertiary/aromatic N) is 3. The van der Waals surface area contributed by atoms with E-state index in [-0.39, 0.29) is 18.7 Å². The first-order valence-electron chi connectivity index (χ1n) is 7.66. The molecule has 0 spiro atoms. The van der Waals surface area contributed by atoms with Crippen molar-refractivity contribution in [3.63, 3.8) is 0 Å². The standard InChI is InChI=1S/C18H17ClN4O3/c1-12-7-14(11-26-2)16(8-20)18(25)23(12)10-17(24)22-21-9-13-3-5-15(19)6-4-13/h3-7,9H,10-11H2,1-2H3,(H,22,24)/b21-9-. The molecule has 1 N–H and O–H groups in total. The summed E-state index contributed by atoms with van der Waals surface area (Å²) >= 11 is 5.79. The lowest BCUT2D eigenvalue weighted by Gasteiger charge is -2.12. The highest BCUT2D eigenvalue weighted by Gasteiger charge is 2.14. The van der Waals surface area contributed by atoms with Gasteiger partial charge in [-0.1, -0.05) is 23.7 Å². The summed E-state index contributed by atoms with van der Waals surface area (Å²) in [5.41, 5.74) is 3.60. The van der Waals surface area contributed by atoms with Crippen molar-refractivity contribution in [2.45, 2.75) is 20.1 Å². The Hall–Kier alpha value is -2.95. The molecule has 1 aromatic heterocycles. The fourth-order valence-corrected chi connectivity index (χ4v) is 2.45. The number of aromatic nitrogens is 1. The molecule has 0 aliphatic heterocycles. The average molecular weight is 373 g/mol. The summed E-state index contributed by atoms with van der Waals surface area (Å²) in [7, 11) is 1.48. The van der Waals surface area contributed by atoms with Gasteiger partial charge in [-0.3, -0.25) is 9.59 Å². The van der Waals surface area contributed by atoms with E-state index in [9.17, 15) is 14.9 Å². The molecule has 26 heavy (non-hydrogen) atoms. The second-order valence-electron chi connectivity index (χ2n) is 5.47. The van der Waals surface area contributed by atoms with Gasteiger partial charge >= 0.3 is 0 Å². The fourth-order valence-electron chi connectivity index (χ4n) is 2.33. The summed E-state index contributed by atoms with van der Waals surface area (Å²) in [6.07, 6.45) is 1.46. The minimum Gasteiger partial charge on any atom is -0.380 e. The molecule has 0 aliphatic rings. The highest BCUT2D eigenvalue weighted by atomic mass is 35.5. The Labute approximate surface area is 155 Å². The number of amides is 1. The maximum atomic E-state index is 12.4. The lowest BCUT2D eigenvalue weighted by molar-refractivity contribution is -0.121. The summed E-state index contributed by atoms with van der Waals surface area (Å²) in [5, 5.41) is 13.7. The molecule has 8 heteroatoms. The monoisotopic (exact) mass is 372 g/mol. The van der Waals surface area contributed by atoms with Crippen molar-refractivity contribution in [3.8, 4) is 6.07 Å². The number of ether oxygens (including phenoxy) is 1. The van der Waals surface area contributed by atoms with Crippen LogP contribution in [-0.2, 0) is 22.7 Å². The Morgan fingerprint density at radius 1 is 1.42 bits per heavy atom. The van der Waals surface area contributed by atoms with Gasteiger partial charge in [-0.25, -0.2) is 5.43 Å². The molecule has 0 radical (unpaired) electrons. The maximum Gasteiger partial charge on any atom is 0.269 e. The van der Waals surface area contributed by atoms with Crippen molar-refractivity contribution in [1.29, 1.82) is 5.26 Å². The van der Waals surface area contributed by atoms with Crippen LogP contribution in [0.1, 0.15) is 22.4 Å². The van der Waals surface area contributed by atoms with E-state index in [1.54, 1.807) is 37.3 Å². The van der Waals surface area contributed by atoms with Crippen molar-refractivity contribution in [1.82, 2.24) is 9.99 Å². The lowest BCUT2D eigenvalue weighted by Crippen LogP contribution is -2.33. The predicted octanol–water partition coefficient (Wildman–Crippen LogP) is 1.98. The van der Waals surface area contributed by atoms with E-state index >= 15 is 0 Å². The van der Waals surface area contributed by atoms with Crippen molar-refractivity contribution in [3.05, 3.63) is 68.1 Å². The van der Waals surface area contributed by atoms with E-state index in [2.05, 4.69) is 10.5 Å². The van der Waals surface area contributed by atoms with E-state index in [4.69, 9.17) is 16.3 Å². The van der Waals surface area contributed by atoms with Crippen molar-refractivity contribution in [2.24, 2.45) is 5.10 Å². The number of nitriles is 1. The first-order valence-corrected chi connectivity index (χ1v) is 8.04. The van der Waals surface area contributed by atoms with Gasteiger partial charge < -0.3 is 9.30 Å². The number of pyridine rings is 1. The van der Waals surface area contributed by atoms with Crippen LogP contribution in [0.15, 0.2) is 40.2 Å². The van der Waals surface area contributed by atoms with E-state index in [0.29, 0.717) is 16.3 Å². The van der Waals surface area contributed by atoms with Gasteiger partial charge in [-0.05, 0) is 30.7 Å². The zero-order valence-corrected chi connectivity index (χ0v) is 15.1. The summed E-state index contributed by atoms with van der Waals surface area (Å²) in [4.78, 5) is 24.5. The van der Waals surface area contributed by atoms with Crippen molar-refractivity contribution in [2.75, 3.05) is 7.11 Å². The van der Waals surface area contributed by atoms with Crippen LogP contribution >= 0.6 is 11.6 Å². The van der Waals surface area contributed by atoms with Gasteiger partial charge in [0.2, 0.25) is 0 Å². The first-order chi connectivity index (χ1) is 12.5. The number of carbonyl (C=O) groups excluding carboxylic acids is 1. The Kier molecular flexibility index (Phi) is 6.67. The Morgan fingerprint density at radius 3 is 2.73 bits per heavy atom. The Bertz CT molecular complexity index is 927. The zero-order valence-electron chi connectivity index (χ0n) is 14.3. The topological polar surface area (TPSA) is 96.5 Å². The molecule has 0 bridgehead atoms. The van der Waals surface area contributed by atoms with Gasteiger partial charge in [-0.2, -0.15) is 10.4 Å². The fraction of sp³-hybridized carbons (Fsp3) is 0.222. The van der Waals surface area contributed by atoms with Crippen LogP contribution in [0.5, 0.6) is 0 Å². The zero-order chi connectivity index (χ0) is 19.1. The smallest absolute Gasteiger partial charge is 0.269 e. The number of hydrogen-bond acceptors (Lipinski definition) is 5. The van der Waals surface area contributed by atoms with E-state index in [1.165, 1.54) is 17.9 Å². The lowest BCUT2D eigenvalue weighted by atomic mass is 10.1. The number of halogens is 1. The predicted molar refractivity (Wildman–Crippen MR) is 98.1 cm³/mol. The van der Waals surface area contributed by atoms with Crippen molar-refractivity contribution < 1.29 is 9.53 Å². The third-order valence-electron chi connectivity index (χ3n) is 3.58. The number of aryl methyl sites for hydroxylation is 1. The molecule has 7 nitrogen and oxygen atoms in total. The molecular formula is C18H17ClN4O3. The third kappa shape index (κ3) is 4.79. The van der Waals surface area contributed by atoms with Gasteiger partial charge in [0.25, 0.3) is 11.5 Å². The van der Waals surface area contributed by atoms with E-state index in [0.717, 1.165) is 5.56 Å². The highest BCUT2D eigenvalue weighted by Crippen LogP contribution is 2.09. The molecule has 0 unspecified atom stereocenters. The molecular weight excluding hydrogens is 356 g/mol. The number of nitrogens with one attached hydrogen (secondary N) is 1. The first kappa shape index (κ1) is 19.4. The second-order valence-corrected chi connectivity index (χ2v) is 5.90. The minimum absolute atomic E-state index is 0.0325. The average Bonchev–Trinajstić information content (AvgIpc) is 2.61. The number of hydrazone groups is 1. The van der Waals surface area contributed by atoms with Crippen LogP contribution in [0.25, 0.3) is 0 Å².